The molecule has 1 heterocycles. The summed E-state index contributed by atoms with van der Waals surface area (Å²) in [5.41, 5.74) is 33.6. The van der Waals surface area contributed by atoms with Crippen molar-refractivity contribution in [3.63, 3.8) is 0 Å². The van der Waals surface area contributed by atoms with Gasteiger partial charge in [0.2, 0.25) is 82.7 Å². The van der Waals surface area contributed by atoms with E-state index in [0.717, 1.165) is 0 Å². The zero-order valence-electron chi connectivity index (χ0n) is 56.8. The predicted octanol–water partition coefficient (Wildman–Crippen LogP) is -10.4. The topological polar surface area (TPSA) is 686 Å². The molecule has 1 aliphatic heterocycles. The van der Waals surface area contributed by atoms with Crippen LogP contribution < -0.4 is 98.2 Å². The summed E-state index contributed by atoms with van der Waals surface area (Å²) in [6, 6.07) is -11.8. The minimum Gasteiger partial charge on any atom is -0.508 e. The molecular weight excluding hydrogens is 1340 g/mol. The third-order valence-corrected chi connectivity index (χ3v) is 16.1. The molecule has 564 valence electrons. The number of phenols is 2. The fourth-order valence-electron chi connectivity index (χ4n) is 9.91. The summed E-state index contributed by atoms with van der Waals surface area (Å²) in [4.78, 5) is 204. The van der Waals surface area contributed by atoms with Gasteiger partial charge in [-0.05, 0) is 72.9 Å². The lowest BCUT2D eigenvalue weighted by atomic mass is 9.96. The zero-order chi connectivity index (χ0) is 76.5. The van der Waals surface area contributed by atoms with Crippen molar-refractivity contribution in [3.05, 3.63) is 59.7 Å². The molecule has 14 atom stereocenters. The normalized spacial score (nSPS) is 24.6. The molecule has 2 aromatic carbocycles. The molecule has 0 spiro atoms. The largest absolute Gasteiger partial charge is 0.508 e. The molecule has 3 rings (SSSR count). The summed E-state index contributed by atoms with van der Waals surface area (Å²) in [5, 5.41) is 90.2. The summed E-state index contributed by atoms with van der Waals surface area (Å²) in [5.74, 6) is -19.9. The number of nitrogens with two attached hydrogens (primary N) is 6. The Bertz CT molecular complexity index is 3090. The van der Waals surface area contributed by atoms with Crippen molar-refractivity contribution in [3.8, 4) is 11.5 Å². The number of rotatable bonds is 24. The quantitative estimate of drug-likeness (QED) is 0.0264. The first-order valence-corrected chi connectivity index (χ1v) is 32.5. The van der Waals surface area contributed by atoms with Gasteiger partial charge in [0.15, 0.2) is 11.9 Å². The van der Waals surface area contributed by atoms with Gasteiger partial charge in [0.05, 0.1) is 39.3 Å². The first-order valence-electron chi connectivity index (χ1n) is 32.5. The number of aromatic hydroxyl groups is 2. The van der Waals surface area contributed by atoms with Crippen LogP contribution in [0.2, 0.25) is 0 Å². The van der Waals surface area contributed by atoms with Crippen LogP contribution in [-0.4, -0.2) is 237 Å². The zero-order valence-corrected chi connectivity index (χ0v) is 56.8. The van der Waals surface area contributed by atoms with E-state index >= 15 is 0 Å². The highest BCUT2D eigenvalue weighted by atomic mass is 16.3. The van der Waals surface area contributed by atoms with Gasteiger partial charge in [-0.25, -0.2) is 0 Å². The van der Waals surface area contributed by atoms with Crippen LogP contribution in [0.5, 0.6) is 11.5 Å². The number of hydrogen-bond acceptors (Lipinski definition) is 22. The molecule has 0 bridgehead atoms. The third kappa shape index (κ3) is 28.7. The number of primary amides is 2. The van der Waals surface area contributed by atoms with E-state index in [4.69, 9.17) is 34.4 Å². The van der Waals surface area contributed by atoms with Gasteiger partial charge in [0.1, 0.15) is 84.0 Å². The van der Waals surface area contributed by atoms with Crippen molar-refractivity contribution >= 4 is 94.6 Å². The van der Waals surface area contributed by atoms with E-state index in [1.807, 2.05) is 0 Å². The molecular formula is C62H96N20O20. The Labute approximate surface area is 585 Å². The Morgan fingerprint density at radius 3 is 0.863 bits per heavy atom. The molecule has 40 nitrogen and oxygen atoms in total. The van der Waals surface area contributed by atoms with Crippen molar-refractivity contribution in [2.45, 2.75) is 164 Å². The number of benzene rings is 2. The molecule has 0 aromatic heterocycles. The van der Waals surface area contributed by atoms with Gasteiger partial charge in [-0.3, -0.25) is 77.1 Å². The lowest BCUT2D eigenvalue weighted by Gasteiger charge is -2.30. The number of nitrogens with zero attached hydrogens (tertiary/aromatic N) is 2. The standard InChI is InChI=1S/C62H96N20O20/c1-5-29(3)47-59(101)79-43(27-85)57(99)77-41(25-83)55(97)71-36(10-8-20-70-62(67)68)50(92)76-40(24-46(64)90)52(94)74-38(22-32-13-17-34(88)18-14-32)54(96)82-48(30(4)6-2)60(102)80-44(28-86)58(100)78-42(26-84)56(98)72-35(9-7-19-69-61(65)66)49(91)75-39(23-45(63)89)51(93)73-37(53(95)81-47)21-31-11-15-33(87)16-12-31/h11-18,29-30,35-44,47-48,83-88H,5-10,19-28H2,1-4H3,(H2,63,89)(H2,64,90)(H,71,97)(H,72,98)(H,73,93)(H,74,94)(H,75,91)(H,76,92)(H,77,99)(H,78,100)(H,79,101)(H,80,102)(H,81,95)(H,82,96)(H4,65,66,69)(H4,67,68,70)/t29-,30-,35-,36-,37-,38-,39-,40-,41-,42-,43+,44+,47-,48-/m0/s1. The van der Waals surface area contributed by atoms with E-state index in [2.05, 4.69) is 73.8 Å². The van der Waals surface area contributed by atoms with Crippen LogP contribution in [-0.2, 0) is 80.0 Å². The van der Waals surface area contributed by atoms with Crippen LogP contribution in [0.3, 0.4) is 0 Å². The van der Waals surface area contributed by atoms with E-state index in [1.54, 1.807) is 13.8 Å². The SMILES string of the molecule is CC[C@H](C)[C@@H]1NC(=O)[C@H](Cc2ccc(O)cc2)NC(=O)[C@H](CC(N)=O)NC(=O)[C@H](CCCN=C(N)N)NC(=O)[C@H](CO)NC(=O)[C@@H](CO)NC(=O)[C@H]([C@@H](C)CC)NC(=O)[C@H](Cc2ccc(O)cc2)NC(=O)[C@H](CC(N)=O)NC(=O)[C@H](CCCN=C(N)N)NC(=O)[C@H](CO)NC(=O)[C@@H](CO)NC1=O. The van der Waals surface area contributed by atoms with E-state index in [9.17, 15) is 97.8 Å². The van der Waals surface area contributed by atoms with Crippen molar-refractivity contribution in [1.82, 2.24) is 63.8 Å². The number of guanidine groups is 2. The van der Waals surface area contributed by atoms with Gasteiger partial charge < -0.3 is 129 Å². The van der Waals surface area contributed by atoms with Gasteiger partial charge in [-0.1, -0.05) is 64.8 Å². The molecule has 1 fully saturated rings. The minimum absolute atomic E-state index is 0.0990. The highest BCUT2D eigenvalue weighted by Crippen LogP contribution is 2.17. The number of carbonyl (C=O) groups excluding carboxylic acids is 14. The van der Waals surface area contributed by atoms with Gasteiger partial charge in [0, 0.05) is 25.9 Å². The lowest BCUT2D eigenvalue weighted by Crippen LogP contribution is -2.63. The van der Waals surface area contributed by atoms with Crippen LogP contribution in [0, 0.1) is 11.8 Å². The number of amides is 14. The van der Waals surface area contributed by atoms with Crippen LogP contribution in [0.25, 0.3) is 0 Å². The first-order chi connectivity index (χ1) is 48.2. The van der Waals surface area contributed by atoms with Gasteiger partial charge in [-0.2, -0.15) is 0 Å². The highest BCUT2D eigenvalue weighted by molar-refractivity contribution is 6.01. The Morgan fingerprint density at radius 2 is 0.598 bits per heavy atom. The Kier molecular flexibility index (Phi) is 35.8. The highest BCUT2D eigenvalue weighted by Gasteiger charge is 2.39. The molecule has 0 aliphatic carbocycles. The minimum atomic E-state index is -2.00. The molecule has 102 heavy (non-hydrogen) atoms. The summed E-state index contributed by atoms with van der Waals surface area (Å²) in [6.07, 6.45) is -3.51. The smallest absolute Gasteiger partial charge is 0.245 e. The Morgan fingerprint density at radius 1 is 0.363 bits per heavy atom. The van der Waals surface area contributed by atoms with Crippen LogP contribution in [0.4, 0.5) is 0 Å². The Balaban J connectivity index is 2.31. The van der Waals surface area contributed by atoms with Gasteiger partial charge >= 0.3 is 0 Å². The number of aliphatic imine (C=N–C) groups is 2. The third-order valence-electron chi connectivity index (χ3n) is 16.1. The molecule has 1 aliphatic rings. The second-order valence-electron chi connectivity index (χ2n) is 24.1. The van der Waals surface area contributed by atoms with Crippen LogP contribution in [0.1, 0.15) is 90.2 Å². The maximum atomic E-state index is 14.6. The lowest BCUT2D eigenvalue weighted by molar-refractivity contribution is -0.138. The van der Waals surface area contributed by atoms with E-state index in [1.165, 1.54) is 62.4 Å². The monoisotopic (exact) mass is 1440 g/mol. The number of hydrogen-bond donors (Lipinski definition) is 24. The molecule has 0 saturated carbocycles. The summed E-state index contributed by atoms with van der Waals surface area (Å²) < 4.78 is 0. The van der Waals surface area contributed by atoms with Crippen LogP contribution >= 0.6 is 0 Å². The maximum Gasteiger partial charge on any atom is 0.245 e. The molecule has 2 aromatic rings. The van der Waals surface area contributed by atoms with Crippen molar-refractivity contribution in [2.24, 2.45) is 56.2 Å². The number of carbonyl (C=O) groups is 14. The predicted molar refractivity (Wildman–Crippen MR) is 361 cm³/mol. The summed E-state index contributed by atoms with van der Waals surface area (Å²) in [7, 11) is 0. The number of phenolic OH excluding ortho intramolecular Hbond substituents is 2. The average Bonchev–Trinajstić information content (AvgIpc) is 1.03. The van der Waals surface area contributed by atoms with E-state index in [-0.39, 0.29) is 86.2 Å². The molecule has 1 saturated heterocycles. The fraction of sp³-hybridized carbons (Fsp3) is 0.548. The second-order valence-corrected chi connectivity index (χ2v) is 24.1. The molecule has 40 heteroatoms. The molecule has 30 N–H and O–H groups in total. The average molecular weight is 1440 g/mol. The molecule has 0 unspecified atom stereocenters. The van der Waals surface area contributed by atoms with E-state index in [0.29, 0.717) is 0 Å². The van der Waals surface area contributed by atoms with Crippen molar-refractivity contribution in [1.29, 1.82) is 0 Å². The summed E-state index contributed by atoms with van der Waals surface area (Å²) in [6.45, 7) is 1.05. The van der Waals surface area contributed by atoms with Crippen molar-refractivity contribution in [2.75, 3.05) is 39.5 Å². The number of aliphatic hydroxyl groups excluding tert-OH is 4. The van der Waals surface area contributed by atoms with Crippen molar-refractivity contribution < 1.29 is 97.8 Å². The molecule has 14 amide bonds. The first kappa shape index (κ1) is 85.2. The second kappa shape index (κ2) is 42.8. The van der Waals surface area contributed by atoms with E-state index < -0.39 is 219 Å². The number of nitrogens with one attached hydrogen (secondary N) is 12. The van der Waals surface area contributed by atoms with Gasteiger partial charge in [-0.15, -0.1) is 0 Å². The van der Waals surface area contributed by atoms with Crippen LogP contribution in [0.15, 0.2) is 58.5 Å². The maximum absolute atomic E-state index is 14.6. The fourth-order valence-corrected chi connectivity index (χ4v) is 9.91. The Hall–Kier alpha value is -11.0. The summed E-state index contributed by atoms with van der Waals surface area (Å²) >= 11 is 0. The number of aliphatic hydroxyl groups is 4. The molecule has 0 radical (unpaired) electrons. The van der Waals surface area contributed by atoms with Gasteiger partial charge in [0.25, 0.3) is 0 Å².